The third kappa shape index (κ3) is 5.00. The molecule has 1 aromatic heterocycles. The molecule has 1 amide bonds. The fourth-order valence-corrected chi connectivity index (χ4v) is 3.89. The van der Waals surface area contributed by atoms with Crippen molar-refractivity contribution in [3.05, 3.63) is 60.3 Å². The third-order valence-electron chi connectivity index (χ3n) is 4.95. The molecule has 9 heteroatoms. The molecule has 0 bridgehead atoms. The van der Waals surface area contributed by atoms with Gasteiger partial charge in [-0.1, -0.05) is 0 Å². The normalized spacial score (nSPS) is 11.0. The second-order valence-corrected chi connectivity index (χ2v) is 9.52. The van der Waals surface area contributed by atoms with Crippen LogP contribution in [-0.4, -0.2) is 47.3 Å². The van der Waals surface area contributed by atoms with E-state index in [0.717, 1.165) is 23.3 Å². The summed E-state index contributed by atoms with van der Waals surface area (Å²) in [7, 11) is 2.04. The summed E-state index contributed by atoms with van der Waals surface area (Å²) < 4.78 is 28.8. The zero-order valence-corrected chi connectivity index (χ0v) is 19.5. The van der Waals surface area contributed by atoms with Crippen molar-refractivity contribution in [2.45, 2.75) is 11.8 Å². The Kier molecular flexibility index (Phi) is 6.69. The van der Waals surface area contributed by atoms with Crippen LogP contribution in [0.2, 0.25) is 0 Å². The predicted octanol–water partition coefficient (Wildman–Crippen LogP) is 3.91. The van der Waals surface area contributed by atoms with Crippen LogP contribution in [0.15, 0.2) is 59.6 Å². The second-order valence-electron chi connectivity index (χ2n) is 7.50. The van der Waals surface area contributed by atoms with Crippen LogP contribution in [0.1, 0.15) is 5.56 Å². The molecule has 8 nitrogen and oxygen atoms in total. The van der Waals surface area contributed by atoms with Gasteiger partial charge >= 0.3 is 0 Å². The van der Waals surface area contributed by atoms with E-state index in [4.69, 9.17) is 4.74 Å². The minimum atomic E-state index is -3.29. The van der Waals surface area contributed by atoms with Gasteiger partial charge in [0.05, 0.1) is 29.6 Å². The number of aromatic nitrogens is 1. The minimum Gasteiger partial charge on any atom is -0.497 e. The van der Waals surface area contributed by atoms with Crippen LogP contribution in [0.3, 0.4) is 0 Å². The van der Waals surface area contributed by atoms with Crippen molar-refractivity contribution in [1.82, 2.24) is 4.98 Å². The molecule has 0 aliphatic heterocycles. The molecular formula is C23H26N4O4S. The molecule has 0 aliphatic rings. The van der Waals surface area contributed by atoms with Crippen LogP contribution < -0.4 is 19.9 Å². The maximum Gasteiger partial charge on any atom is 0.218 e. The zero-order valence-electron chi connectivity index (χ0n) is 18.7. The molecule has 1 N–H and O–H groups in total. The van der Waals surface area contributed by atoms with Crippen molar-refractivity contribution in [2.75, 3.05) is 42.6 Å². The monoisotopic (exact) mass is 454 g/mol. The van der Waals surface area contributed by atoms with Gasteiger partial charge in [-0.05, 0) is 55.0 Å². The number of benzene rings is 2. The van der Waals surface area contributed by atoms with Crippen molar-refractivity contribution in [3.63, 3.8) is 0 Å². The quantitative estimate of drug-likeness (QED) is 0.516. The summed E-state index contributed by atoms with van der Waals surface area (Å²) in [6.07, 6.45) is 3.60. The van der Waals surface area contributed by atoms with Gasteiger partial charge in [0.15, 0.2) is 9.84 Å². The van der Waals surface area contributed by atoms with Gasteiger partial charge in [-0.25, -0.2) is 13.4 Å². The van der Waals surface area contributed by atoms with Gasteiger partial charge in [0, 0.05) is 37.8 Å². The Balaban J connectivity index is 2.01. The van der Waals surface area contributed by atoms with Gasteiger partial charge in [0.2, 0.25) is 6.41 Å². The number of pyridine rings is 1. The molecule has 0 fully saturated rings. The third-order valence-corrected chi connectivity index (χ3v) is 6.06. The van der Waals surface area contributed by atoms with Crippen LogP contribution in [0.4, 0.5) is 28.6 Å². The standard InChI is InChI=1S/C23H26N4O4S/c1-16-12-19(32(5,29)30)10-11-20(16)25-23-13-21(22(14-24-23)26(2)3)27(15-28)17-6-8-18(31-4)9-7-17/h6-15H,1-5H3,(H,24,25). The summed E-state index contributed by atoms with van der Waals surface area (Å²) in [5, 5.41) is 3.22. The van der Waals surface area contributed by atoms with Crippen LogP contribution in [0.25, 0.3) is 0 Å². The molecule has 0 unspecified atom stereocenters. The van der Waals surface area contributed by atoms with Crippen molar-refractivity contribution in [3.8, 4) is 5.75 Å². The van der Waals surface area contributed by atoms with Crippen molar-refractivity contribution in [2.24, 2.45) is 0 Å². The van der Waals surface area contributed by atoms with Crippen LogP contribution in [-0.2, 0) is 14.6 Å². The first-order valence-electron chi connectivity index (χ1n) is 9.77. The minimum absolute atomic E-state index is 0.254. The summed E-state index contributed by atoms with van der Waals surface area (Å²) in [4.78, 5) is 20.2. The van der Waals surface area contributed by atoms with Gasteiger partial charge in [-0.2, -0.15) is 0 Å². The van der Waals surface area contributed by atoms with E-state index in [-0.39, 0.29) is 4.90 Å². The average molecular weight is 455 g/mol. The first-order valence-corrected chi connectivity index (χ1v) is 11.7. The van der Waals surface area contributed by atoms with Crippen LogP contribution >= 0.6 is 0 Å². The van der Waals surface area contributed by atoms with Gasteiger partial charge in [0.25, 0.3) is 0 Å². The van der Waals surface area contributed by atoms with E-state index in [1.807, 2.05) is 25.9 Å². The van der Waals surface area contributed by atoms with Crippen molar-refractivity contribution < 1.29 is 17.9 Å². The lowest BCUT2D eigenvalue weighted by Gasteiger charge is -2.25. The fraction of sp³-hybridized carbons (Fsp3) is 0.217. The highest BCUT2D eigenvalue weighted by Crippen LogP contribution is 2.35. The molecule has 168 valence electrons. The van der Waals surface area contributed by atoms with Crippen molar-refractivity contribution in [1.29, 1.82) is 0 Å². The summed E-state index contributed by atoms with van der Waals surface area (Å²) in [6.45, 7) is 1.82. The number of ether oxygens (including phenoxy) is 1. The molecule has 0 saturated carbocycles. The van der Waals surface area contributed by atoms with Gasteiger partial charge in [-0.3, -0.25) is 9.69 Å². The van der Waals surface area contributed by atoms with Gasteiger partial charge < -0.3 is 15.0 Å². The summed E-state index contributed by atoms with van der Waals surface area (Å²) in [5.41, 5.74) is 3.54. The predicted molar refractivity (Wildman–Crippen MR) is 127 cm³/mol. The molecule has 1 heterocycles. The molecule has 0 atom stereocenters. The number of rotatable bonds is 8. The lowest BCUT2D eigenvalue weighted by atomic mass is 10.2. The van der Waals surface area contributed by atoms with E-state index >= 15 is 0 Å². The Hall–Kier alpha value is -3.59. The lowest BCUT2D eigenvalue weighted by molar-refractivity contribution is -0.106. The number of nitrogens with one attached hydrogen (secondary N) is 1. The van der Waals surface area contributed by atoms with E-state index in [2.05, 4.69) is 10.3 Å². The van der Waals surface area contributed by atoms with E-state index in [9.17, 15) is 13.2 Å². The van der Waals surface area contributed by atoms with Gasteiger partial charge in [-0.15, -0.1) is 0 Å². The maximum atomic E-state index is 12.1. The zero-order chi connectivity index (χ0) is 23.5. The number of carbonyl (C=O) groups is 1. The largest absolute Gasteiger partial charge is 0.497 e. The van der Waals surface area contributed by atoms with E-state index in [1.54, 1.807) is 61.8 Å². The van der Waals surface area contributed by atoms with Crippen molar-refractivity contribution >= 4 is 44.8 Å². The maximum absolute atomic E-state index is 12.1. The molecule has 0 spiro atoms. The summed E-state index contributed by atoms with van der Waals surface area (Å²) >= 11 is 0. The average Bonchev–Trinajstić information content (AvgIpc) is 2.75. The Morgan fingerprint density at radius 3 is 2.25 bits per heavy atom. The summed E-state index contributed by atoms with van der Waals surface area (Å²) in [6, 6.07) is 13.8. The Labute approximate surface area is 188 Å². The Morgan fingerprint density at radius 1 is 1.03 bits per heavy atom. The van der Waals surface area contributed by atoms with Crippen LogP contribution in [0, 0.1) is 6.92 Å². The number of aryl methyl sites for hydroxylation is 1. The first-order chi connectivity index (χ1) is 15.1. The number of carbonyl (C=O) groups excluding carboxylic acids is 1. The molecule has 0 radical (unpaired) electrons. The number of sulfone groups is 1. The smallest absolute Gasteiger partial charge is 0.218 e. The molecule has 32 heavy (non-hydrogen) atoms. The Bertz CT molecular complexity index is 1230. The topological polar surface area (TPSA) is 91.8 Å². The van der Waals surface area contributed by atoms with Crippen LogP contribution in [0.5, 0.6) is 5.75 Å². The van der Waals surface area contributed by atoms with E-state index in [1.165, 1.54) is 11.2 Å². The molecular weight excluding hydrogens is 428 g/mol. The highest BCUT2D eigenvalue weighted by molar-refractivity contribution is 7.90. The number of hydrogen-bond donors (Lipinski definition) is 1. The number of methoxy groups -OCH3 is 1. The van der Waals surface area contributed by atoms with E-state index < -0.39 is 9.84 Å². The summed E-state index contributed by atoms with van der Waals surface area (Å²) in [5.74, 6) is 1.21. The highest BCUT2D eigenvalue weighted by Gasteiger charge is 2.17. The van der Waals surface area contributed by atoms with E-state index in [0.29, 0.717) is 22.9 Å². The molecule has 2 aromatic carbocycles. The highest BCUT2D eigenvalue weighted by atomic mass is 32.2. The fourth-order valence-electron chi connectivity index (χ4n) is 3.19. The SMILES string of the molecule is COc1ccc(N(C=O)c2cc(Nc3ccc(S(C)(=O)=O)cc3C)ncc2N(C)C)cc1. The number of hydrogen-bond acceptors (Lipinski definition) is 7. The molecule has 0 saturated heterocycles. The molecule has 0 aliphatic carbocycles. The first kappa shape index (κ1) is 23.1. The lowest BCUT2D eigenvalue weighted by Crippen LogP contribution is -2.20. The molecule has 3 rings (SSSR count). The number of amides is 1. The second kappa shape index (κ2) is 9.27. The number of nitrogens with zero attached hydrogens (tertiary/aromatic N) is 3. The van der Waals surface area contributed by atoms with Gasteiger partial charge in [0.1, 0.15) is 11.6 Å². The number of anilines is 5. The Morgan fingerprint density at radius 2 is 1.72 bits per heavy atom. The molecule has 3 aromatic rings.